The zero-order valence-corrected chi connectivity index (χ0v) is 33.5. The van der Waals surface area contributed by atoms with Gasteiger partial charge in [-0.05, 0) is 89.9 Å². The van der Waals surface area contributed by atoms with Gasteiger partial charge in [0.15, 0.2) is 6.10 Å². The summed E-state index contributed by atoms with van der Waals surface area (Å²) >= 11 is 0. The molecule has 0 saturated carbocycles. The van der Waals surface area contributed by atoms with Crippen LogP contribution in [0.25, 0.3) is 0 Å². The molecule has 6 nitrogen and oxygen atoms in total. The zero-order chi connectivity index (χ0) is 38.0. The maximum atomic E-state index is 12.6. The second kappa shape index (κ2) is 40.6. The van der Waals surface area contributed by atoms with Gasteiger partial charge in [-0.15, -0.1) is 0 Å². The van der Waals surface area contributed by atoms with Crippen molar-refractivity contribution in [1.82, 2.24) is 0 Å². The average molecular weight is 725 g/mol. The van der Waals surface area contributed by atoms with Crippen LogP contribution in [0, 0.1) is 0 Å². The number of unbranched alkanes of at least 4 members (excludes halogenated alkanes) is 14. The molecule has 0 N–H and O–H groups in total. The summed E-state index contributed by atoms with van der Waals surface area (Å²) in [6, 6.07) is 0. The number of ether oxygens (including phenoxy) is 3. The molecule has 1 atom stereocenters. The second-order valence-corrected chi connectivity index (χ2v) is 13.5. The molecule has 296 valence electrons. The van der Waals surface area contributed by atoms with Crippen LogP contribution in [0.4, 0.5) is 0 Å². The molecule has 0 aliphatic carbocycles. The standard InChI is InChI=1S/C46H76O6/c1-4-7-10-13-16-19-22-25-27-30-33-36-39-45(48)51-42-43(52-46(49)40-37-34-31-28-24-21-18-15-12-9-6-3)41-50-44(47)38-35-32-29-26-23-20-17-14-11-8-5-2/h7,10,14-19,21,24-25,27,43H,4-6,8-9,11-13,20,22-23,26,28-42H2,1-3H3/b10-7-,17-14-,18-15-,19-16-,24-21-,27-25-. The van der Waals surface area contributed by atoms with E-state index in [9.17, 15) is 14.4 Å². The Morgan fingerprint density at radius 3 is 1.38 bits per heavy atom. The molecule has 0 heterocycles. The van der Waals surface area contributed by atoms with Crippen LogP contribution >= 0.6 is 0 Å². The molecule has 0 amide bonds. The molecule has 0 saturated heterocycles. The molecule has 0 aromatic carbocycles. The lowest BCUT2D eigenvalue weighted by atomic mass is 10.1. The van der Waals surface area contributed by atoms with Crippen molar-refractivity contribution in [3.05, 3.63) is 72.9 Å². The van der Waals surface area contributed by atoms with Gasteiger partial charge in [0.25, 0.3) is 0 Å². The highest BCUT2D eigenvalue weighted by Crippen LogP contribution is 2.11. The Labute approximate surface area is 319 Å². The van der Waals surface area contributed by atoms with E-state index in [1.807, 2.05) is 0 Å². The van der Waals surface area contributed by atoms with Gasteiger partial charge in [0, 0.05) is 19.3 Å². The second-order valence-electron chi connectivity index (χ2n) is 13.5. The lowest BCUT2D eigenvalue weighted by Crippen LogP contribution is -2.30. The van der Waals surface area contributed by atoms with E-state index in [0.717, 1.165) is 103 Å². The van der Waals surface area contributed by atoms with Crippen molar-refractivity contribution in [3.63, 3.8) is 0 Å². The molecule has 52 heavy (non-hydrogen) atoms. The highest BCUT2D eigenvalue weighted by Gasteiger charge is 2.19. The third-order valence-corrected chi connectivity index (χ3v) is 8.44. The third-order valence-electron chi connectivity index (χ3n) is 8.44. The fourth-order valence-corrected chi connectivity index (χ4v) is 5.23. The normalized spacial score (nSPS) is 12.8. The number of rotatable bonds is 36. The van der Waals surface area contributed by atoms with Gasteiger partial charge >= 0.3 is 17.9 Å². The van der Waals surface area contributed by atoms with Gasteiger partial charge < -0.3 is 14.2 Å². The molecule has 6 heteroatoms. The quantitative estimate of drug-likeness (QED) is 0.0210. The van der Waals surface area contributed by atoms with Crippen LogP contribution in [0.5, 0.6) is 0 Å². The molecule has 0 radical (unpaired) electrons. The summed E-state index contributed by atoms with van der Waals surface area (Å²) in [4.78, 5) is 37.5. The molecular weight excluding hydrogens is 648 g/mol. The highest BCUT2D eigenvalue weighted by atomic mass is 16.6. The van der Waals surface area contributed by atoms with Crippen LogP contribution < -0.4 is 0 Å². The fourth-order valence-electron chi connectivity index (χ4n) is 5.23. The van der Waals surface area contributed by atoms with E-state index in [0.29, 0.717) is 12.8 Å². The maximum Gasteiger partial charge on any atom is 0.306 e. The summed E-state index contributed by atoms with van der Waals surface area (Å²) in [5, 5.41) is 0. The fraction of sp³-hybridized carbons (Fsp3) is 0.674. The summed E-state index contributed by atoms with van der Waals surface area (Å²) < 4.78 is 16.6. The van der Waals surface area contributed by atoms with E-state index in [2.05, 4.69) is 93.7 Å². The minimum atomic E-state index is -0.804. The smallest absolute Gasteiger partial charge is 0.306 e. The first-order valence-electron chi connectivity index (χ1n) is 21.0. The Kier molecular flexibility index (Phi) is 38.2. The van der Waals surface area contributed by atoms with E-state index in [4.69, 9.17) is 14.2 Å². The Hall–Kier alpha value is -3.15. The summed E-state index contributed by atoms with van der Waals surface area (Å²) in [7, 11) is 0. The molecule has 0 fully saturated rings. The van der Waals surface area contributed by atoms with Gasteiger partial charge in [0.2, 0.25) is 0 Å². The molecule has 0 rings (SSSR count). The predicted molar refractivity (Wildman–Crippen MR) is 219 cm³/mol. The molecule has 1 unspecified atom stereocenters. The zero-order valence-electron chi connectivity index (χ0n) is 33.5. The Morgan fingerprint density at radius 1 is 0.423 bits per heavy atom. The van der Waals surface area contributed by atoms with Crippen LogP contribution in [0.15, 0.2) is 72.9 Å². The van der Waals surface area contributed by atoms with Gasteiger partial charge in [-0.3, -0.25) is 14.4 Å². The lowest BCUT2D eigenvalue weighted by molar-refractivity contribution is -0.167. The summed E-state index contributed by atoms with van der Waals surface area (Å²) in [5.41, 5.74) is 0. The third kappa shape index (κ3) is 38.1. The van der Waals surface area contributed by atoms with Gasteiger partial charge in [-0.25, -0.2) is 0 Å². The van der Waals surface area contributed by atoms with Crippen LogP contribution in [0.3, 0.4) is 0 Å². The van der Waals surface area contributed by atoms with Crippen LogP contribution in [-0.4, -0.2) is 37.2 Å². The minimum Gasteiger partial charge on any atom is -0.462 e. The van der Waals surface area contributed by atoms with Crippen LogP contribution in [0.2, 0.25) is 0 Å². The highest BCUT2D eigenvalue weighted by molar-refractivity contribution is 5.71. The Morgan fingerprint density at radius 2 is 0.808 bits per heavy atom. The van der Waals surface area contributed by atoms with Crippen LogP contribution in [0.1, 0.15) is 181 Å². The lowest BCUT2D eigenvalue weighted by Gasteiger charge is -2.18. The SMILES string of the molecule is CC/C=C\C/C=C\C/C=C\CCCCC(=O)OCC(COC(=O)CCCCCCC/C=C\CCCC)OC(=O)CCCCC/C=C\C=C/CCCC. The van der Waals surface area contributed by atoms with Crippen molar-refractivity contribution in [2.24, 2.45) is 0 Å². The molecule has 0 bridgehead atoms. The number of hydrogen-bond acceptors (Lipinski definition) is 6. The van der Waals surface area contributed by atoms with Crippen LogP contribution in [-0.2, 0) is 28.6 Å². The van der Waals surface area contributed by atoms with Crippen molar-refractivity contribution >= 4 is 17.9 Å². The van der Waals surface area contributed by atoms with Gasteiger partial charge in [0.1, 0.15) is 13.2 Å². The van der Waals surface area contributed by atoms with Crippen molar-refractivity contribution in [3.8, 4) is 0 Å². The molecular formula is C46H76O6. The van der Waals surface area contributed by atoms with Crippen molar-refractivity contribution in [2.45, 2.75) is 187 Å². The van der Waals surface area contributed by atoms with E-state index in [1.165, 1.54) is 38.5 Å². The molecule has 0 aromatic heterocycles. The van der Waals surface area contributed by atoms with E-state index >= 15 is 0 Å². The Balaban J connectivity index is 4.51. The van der Waals surface area contributed by atoms with E-state index in [1.54, 1.807) is 0 Å². The first-order chi connectivity index (χ1) is 25.5. The summed E-state index contributed by atoms with van der Waals surface area (Å²) in [6.07, 6.45) is 48.9. The molecule has 0 aromatic rings. The first-order valence-corrected chi connectivity index (χ1v) is 21.0. The minimum absolute atomic E-state index is 0.104. The number of esters is 3. The molecule has 0 aliphatic rings. The van der Waals surface area contributed by atoms with E-state index in [-0.39, 0.29) is 37.5 Å². The number of carbonyl (C=O) groups is 3. The number of hydrogen-bond donors (Lipinski definition) is 0. The largest absolute Gasteiger partial charge is 0.462 e. The van der Waals surface area contributed by atoms with Crippen molar-refractivity contribution in [1.29, 1.82) is 0 Å². The maximum absolute atomic E-state index is 12.6. The average Bonchev–Trinajstić information content (AvgIpc) is 3.14. The molecule has 0 spiro atoms. The summed E-state index contributed by atoms with van der Waals surface area (Å²) in [6.45, 7) is 6.32. The number of allylic oxidation sites excluding steroid dienone is 12. The van der Waals surface area contributed by atoms with Gasteiger partial charge in [-0.1, -0.05) is 145 Å². The van der Waals surface area contributed by atoms with Crippen molar-refractivity contribution in [2.75, 3.05) is 13.2 Å². The summed E-state index contributed by atoms with van der Waals surface area (Å²) in [5.74, 6) is -0.994. The predicted octanol–water partition coefficient (Wildman–Crippen LogP) is 13.1. The van der Waals surface area contributed by atoms with Gasteiger partial charge in [0.05, 0.1) is 0 Å². The first kappa shape index (κ1) is 48.9. The Bertz CT molecular complexity index is 1020. The van der Waals surface area contributed by atoms with E-state index < -0.39 is 6.10 Å². The monoisotopic (exact) mass is 725 g/mol. The molecule has 0 aliphatic heterocycles. The van der Waals surface area contributed by atoms with Crippen molar-refractivity contribution < 1.29 is 28.6 Å². The van der Waals surface area contributed by atoms with Gasteiger partial charge in [-0.2, -0.15) is 0 Å². The topological polar surface area (TPSA) is 78.9 Å². The number of carbonyl (C=O) groups excluding carboxylic acids is 3.